The zero-order valence-corrected chi connectivity index (χ0v) is 8.23. The van der Waals surface area contributed by atoms with Gasteiger partial charge in [0.15, 0.2) is 0 Å². The Labute approximate surface area is 87.7 Å². The Kier molecular flexibility index (Phi) is 1.03. The van der Waals surface area contributed by atoms with Gasteiger partial charge in [-0.1, -0.05) is 5.92 Å². The molecule has 0 amide bonds. The van der Waals surface area contributed by atoms with Crippen molar-refractivity contribution in [1.29, 1.82) is 0 Å². The Hall–Kier alpha value is -1.33. The summed E-state index contributed by atoms with van der Waals surface area (Å²) < 4.78 is 13.5. The van der Waals surface area contributed by atoms with E-state index in [2.05, 4.69) is 11.2 Å². The van der Waals surface area contributed by atoms with Crippen molar-refractivity contribution in [2.24, 2.45) is 0 Å². The summed E-state index contributed by atoms with van der Waals surface area (Å²) in [5.74, 6) is 2.18. The van der Waals surface area contributed by atoms with Crippen LogP contribution in [-0.4, -0.2) is 13.1 Å². The average Bonchev–Trinajstić information content (AvgIpc) is 2.70. The number of piperidine rings is 1. The van der Waals surface area contributed by atoms with E-state index < -0.39 is 0 Å². The first kappa shape index (κ1) is 7.90. The van der Waals surface area contributed by atoms with Gasteiger partial charge in [-0.05, 0) is 29.7 Å². The molecule has 15 heavy (non-hydrogen) atoms. The number of nitrogens with one attached hydrogen (secondary N) is 1. The number of terminal acetylenes is 1. The Balaban J connectivity index is 1.99. The Bertz CT molecular complexity index is 542. The van der Waals surface area contributed by atoms with Gasteiger partial charge in [0.1, 0.15) is 5.82 Å². The van der Waals surface area contributed by atoms with Crippen LogP contribution in [0.5, 0.6) is 0 Å². The van der Waals surface area contributed by atoms with Gasteiger partial charge >= 0.3 is 0 Å². The molecule has 1 aromatic rings. The molecule has 1 N–H and O–H groups in total. The van der Waals surface area contributed by atoms with Crippen molar-refractivity contribution >= 4 is 0 Å². The first-order valence-electron chi connectivity index (χ1n) is 5.25. The SMILES string of the molecule is C#Cc1cc2c(cc1F)C13CNCC21C3. The normalized spacial score (nSPS) is 38.4. The first-order valence-corrected chi connectivity index (χ1v) is 5.25. The lowest BCUT2D eigenvalue weighted by Gasteiger charge is -2.33. The number of benzene rings is 1. The van der Waals surface area contributed by atoms with Gasteiger partial charge in [0, 0.05) is 23.9 Å². The zero-order valence-electron chi connectivity index (χ0n) is 8.23. The molecule has 2 aliphatic carbocycles. The molecule has 0 aromatic heterocycles. The first-order chi connectivity index (χ1) is 7.23. The second-order valence-electron chi connectivity index (χ2n) is 4.97. The molecule has 2 heteroatoms. The standard InChI is InChI=1S/C13H10FN/c1-2-8-3-9-10(4-11(8)14)13-5-12(9,13)6-15-7-13/h1,3-4,15H,5-7H2. The van der Waals surface area contributed by atoms with E-state index in [1.807, 2.05) is 6.07 Å². The van der Waals surface area contributed by atoms with E-state index in [0.29, 0.717) is 11.0 Å². The lowest BCUT2D eigenvalue weighted by Crippen LogP contribution is -2.33. The number of halogens is 1. The molecule has 2 unspecified atom stereocenters. The fourth-order valence-electron chi connectivity index (χ4n) is 3.73. The molecular formula is C13H10FN. The highest BCUT2D eigenvalue weighted by Gasteiger charge is 2.79. The van der Waals surface area contributed by atoms with E-state index in [-0.39, 0.29) is 11.2 Å². The highest BCUT2D eigenvalue weighted by atomic mass is 19.1. The molecule has 1 saturated carbocycles. The maximum absolute atomic E-state index is 13.5. The van der Waals surface area contributed by atoms with E-state index in [1.165, 1.54) is 17.5 Å². The van der Waals surface area contributed by atoms with Gasteiger partial charge in [0.25, 0.3) is 0 Å². The minimum absolute atomic E-state index is 0.238. The number of rotatable bonds is 0. The van der Waals surface area contributed by atoms with E-state index in [9.17, 15) is 4.39 Å². The molecule has 0 spiro atoms. The molecular weight excluding hydrogens is 189 g/mol. The van der Waals surface area contributed by atoms with Crippen LogP contribution < -0.4 is 5.32 Å². The lowest BCUT2D eigenvalue weighted by atomic mass is 9.69. The van der Waals surface area contributed by atoms with Crippen LogP contribution in [0, 0.1) is 18.2 Å². The van der Waals surface area contributed by atoms with E-state index in [4.69, 9.17) is 6.42 Å². The molecule has 2 fully saturated rings. The smallest absolute Gasteiger partial charge is 0.139 e. The average molecular weight is 199 g/mol. The van der Waals surface area contributed by atoms with Crippen molar-refractivity contribution in [2.75, 3.05) is 13.1 Å². The molecule has 0 bridgehead atoms. The van der Waals surface area contributed by atoms with Crippen LogP contribution in [0.1, 0.15) is 23.1 Å². The highest BCUT2D eigenvalue weighted by Crippen LogP contribution is 2.76. The minimum Gasteiger partial charge on any atom is -0.315 e. The molecule has 1 aromatic carbocycles. The van der Waals surface area contributed by atoms with Gasteiger partial charge in [0.05, 0.1) is 5.56 Å². The number of fused-ring (bicyclic) bond motifs is 1. The van der Waals surface area contributed by atoms with Gasteiger partial charge < -0.3 is 5.32 Å². The van der Waals surface area contributed by atoms with Crippen molar-refractivity contribution in [3.8, 4) is 12.3 Å². The molecule has 3 aliphatic rings. The summed E-state index contributed by atoms with van der Waals surface area (Å²) in [5.41, 5.74) is 3.50. The van der Waals surface area contributed by atoms with E-state index >= 15 is 0 Å². The van der Waals surface area contributed by atoms with Crippen molar-refractivity contribution in [3.05, 3.63) is 34.6 Å². The summed E-state index contributed by atoms with van der Waals surface area (Å²) in [5, 5.41) is 3.40. The van der Waals surface area contributed by atoms with Gasteiger partial charge in [-0.3, -0.25) is 0 Å². The third-order valence-electron chi connectivity index (χ3n) is 4.54. The van der Waals surface area contributed by atoms with Crippen LogP contribution in [-0.2, 0) is 10.8 Å². The van der Waals surface area contributed by atoms with Crippen LogP contribution in [0.4, 0.5) is 4.39 Å². The van der Waals surface area contributed by atoms with Crippen molar-refractivity contribution < 1.29 is 4.39 Å². The molecule has 1 saturated heterocycles. The monoisotopic (exact) mass is 199 g/mol. The van der Waals surface area contributed by atoms with Crippen LogP contribution >= 0.6 is 0 Å². The molecule has 1 aliphatic heterocycles. The summed E-state index contributed by atoms with van der Waals surface area (Å²) in [6.07, 6.45) is 6.47. The predicted octanol–water partition coefficient (Wildman–Crippen LogP) is 1.30. The highest BCUT2D eigenvalue weighted by molar-refractivity contribution is 5.69. The van der Waals surface area contributed by atoms with Crippen LogP contribution in [0.25, 0.3) is 0 Å². The third-order valence-corrected chi connectivity index (χ3v) is 4.54. The topological polar surface area (TPSA) is 12.0 Å². The second-order valence-corrected chi connectivity index (χ2v) is 4.97. The minimum atomic E-state index is -0.238. The molecule has 2 atom stereocenters. The molecule has 1 nitrogen and oxygen atoms in total. The van der Waals surface area contributed by atoms with Gasteiger partial charge in [-0.15, -0.1) is 6.42 Å². The van der Waals surface area contributed by atoms with Crippen LogP contribution in [0.15, 0.2) is 12.1 Å². The van der Waals surface area contributed by atoms with Gasteiger partial charge in [0.2, 0.25) is 0 Å². The fraction of sp³-hybridized carbons (Fsp3) is 0.385. The predicted molar refractivity (Wildman–Crippen MR) is 55.2 cm³/mol. The molecule has 0 radical (unpaired) electrons. The van der Waals surface area contributed by atoms with Crippen molar-refractivity contribution in [3.63, 3.8) is 0 Å². The second kappa shape index (κ2) is 1.96. The van der Waals surface area contributed by atoms with Crippen molar-refractivity contribution in [2.45, 2.75) is 17.3 Å². The Morgan fingerprint density at radius 1 is 1.27 bits per heavy atom. The van der Waals surface area contributed by atoms with Gasteiger partial charge in [-0.25, -0.2) is 4.39 Å². The summed E-state index contributed by atoms with van der Waals surface area (Å²) in [7, 11) is 0. The summed E-state index contributed by atoms with van der Waals surface area (Å²) >= 11 is 0. The Morgan fingerprint density at radius 2 is 1.93 bits per heavy atom. The molecule has 1 heterocycles. The number of hydrogen-bond donors (Lipinski definition) is 1. The molecule has 74 valence electrons. The lowest BCUT2D eigenvalue weighted by molar-refractivity contribution is 0.554. The zero-order chi connectivity index (χ0) is 10.3. The van der Waals surface area contributed by atoms with Gasteiger partial charge in [-0.2, -0.15) is 0 Å². The van der Waals surface area contributed by atoms with E-state index in [0.717, 1.165) is 13.1 Å². The summed E-state index contributed by atoms with van der Waals surface area (Å²) in [6, 6.07) is 3.53. The quantitative estimate of drug-likeness (QED) is 0.621. The third kappa shape index (κ3) is 0.585. The van der Waals surface area contributed by atoms with Crippen LogP contribution in [0.2, 0.25) is 0 Å². The van der Waals surface area contributed by atoms with Crippen molar-refractivity contribution in [1.82, 2.24) is 5.32 Å². The number of hydrogen-bond acceptors (Lipinski definition) is 1. The maximum atomic E-state index is 13.5. The van der Waals surface area contributed by atoms with E-state index in [1.54, 1.807) is 6.07 Å². The maximum Gasteiger partial charge on any atom is 0.139 e. The largest absolute Gasteiger partial charge is 0.315 e. The summed E-state index contributed by atoms with van der Waals surface area (Å²) in [4.78, 5) is 0. The fourth-order valence-corrected chi connectivity index (χ4v) is 3.73. The van der Waals surface area contributed by atoms with Crippen LogP contribution in [0.3, 0.4) is 0 Å². The Morgan fingerprint density at radius 3 is 2.60 bits per heavy atom. The molecule has 4 rings (SSSR count). The summed E-state index contributed by atoms with van der Waals surface area (Å²) in [6.45, 7) is 2.05.